The number of alkyl halides is 3. The van der Waals surface area contributed by atoms with Crippen molar-refractivity contribution in [3.8, 4) is 11.1 Å². The number of nitrogens with one attached hydrogen (secondary N) is 1. The van der Waals surface area contributed by atoms with Crippen LogP contribution in [-0.2, 0) is 10.9 Å². The molecule has 0 amide bonds. The van der Waals surface area contributed by atoms with E-state index in [0.717, 1.165) is 80.2 Å². The molecule has 3 aromatic rings. The van der Waals surface area contributed by atoms with Crippen molar-refractivity contribution in [1.82, 2.24) is 15.0 Å². The molecule has 1 N–H and O–H groups in total. The molecule has 2 aliphatic rings. The highest BCUT2D eigenvalue weighted by atomic mass is 19.4. The van der Waals surface area contributed by atoms with Crippen molar-refractivity contribution in [1.29, 1.82) is 0 Å². The van der Waals surface area contributed by atoms with Crippen LogP contribution < -0.4 is 10.2 Å². The lowest BCUT2D eigenvalue weighted by Crippen LogP contribution is -2.51. The van der Waals surface area contributed by atoms with Crippen LogP contribution in [-0.4, -0.2) is 40.2 Å². The minimum Gasteiger partial charge on any atom is -0.373 e. The van der Waals surface area contributed by atoms with Gasteiger partial charge in [-0.3, -0.25) is 0 Å². The molecule has 0 saturated carbocycles. The molecule has 1 unspecified atom stereocenters. The zero-order chi connectivity index (χ0) is 24.5. The fourth-order valence-corrected chi connectivity index (χ4v) is 5.02. The van der Waals surface area contributed by atoms with Gasteiger partial charge in [0.15, 0.2) is 0 Å². The van der Waals surface area contributed by atoms with Crippen LogP contribution in [0.3, 0.4) is 0 Å². The number of aryl methyl sites for hydroxylation is 1. The van der Waals surface area contributed by atoms with Crippen molar-refractivity contribution >= 4 is 17.5 Å². The van der Waals surface area contributed by atoms with Crippen LogP contribution in [0.25, 0.3) is 11.1 Å². The van der Waals surface area contributed by atoms with Crippen LogP contribution in [0.1, 0.15) is 43.4 Å². The Morgan fingerprint density at radius 3 is 2.60 bits per heavy atom. The van der Waals surface area contributed by atoms with Crippen molar-refractivity contribution in [3.63, 3.8) is 0 Å². The normalized spacial score (nSPS) is 20.7. The molecule has 2 fully saturated rings. The van der Waals surface area contributed by atoms with E-state index in [-0.39, 0.29) is 11.5 Å². The number of anilines is 3. The highest BCUT2D eigenvalue weighted by molar-refractivity contribution is 5.72. The van der Waals surface area contributed by atoms with Gasteiger partial charge in [-0.25, -0.2) is 15.0 Å². The summed E-state index contributed by atoms with van der Waals surface area (Å²) in [6.07, 6.45) is 3.97. The molecule has 2 aromatic heterocycles. The van der Waals surface area contributed by atoms with Gasteiger partial charge < -0.3 is 15.0 Å². The Labute approximate surface area is 202 Å². The summed E-state index contributed by atoms with van der Waals surface area (Å²) in [7, 11) is 0. The molecule has 0 bridgehead atoms. The van der Waals surface area contributed by atoms with Gasteiger partial charge >= 0.3 is 6.18 Å². The first kappa shape index (κ1) is 23.5. The van der Waals surface area contributed by atoms with Crippen LogP contribution >= 0.6 is 0 Å². The first-order chi connectivity index (χ1) is 16.8. The Balaban J connectivity index is 1.39. The Morgan fingerprint density at radius 1 is 0.971 bits per heavy atom. The molecule has 6 nitrogen and oxygen atoms in total. The van der Waals surface area contributed by atoms with Gasteiger partial charge in [-0.15, -0.1) is 0 Å². The number of halogens is 3. The predicted octanol–water partition coefficient (Wildman–Crippen LogP) is 6.15. The Kier molecular flexibility index (Phi) is 6.35. The average Bonchev–Trinajstić information content (AvgIpc) is 2.84. The van der Waals surface area contributed by atoms with Crippen LogP contribution in [0.4, 0.5) is 30.6 Å². The maximum Gasteiger partial charge on any atom is 0.433 e. The highest BCUT2D eigenvalue weighted by Gasteiger charge is 2.38. The second-order valence-electron chi connectivity index (χ2n) is 9.39. The van der Waals surface area contributed by atoms with Gasteiger partial charge in [0.2, 0.25) is 5.95 Å². The van der Waals surface area contributed by atoms with E-state index in [2.05, 4.69) is 31.2 Å². The largest absolute Gasteiger partial charge is 0.433 e. The molecule has 2 aliphatic heterocycles. The standard InChI is InChI=1S/C26H28F3N5O/c1-18-13-20(15-21(14-18)32-24-31-10-6-22(33-24)26(27,28)29)19-5-9-30-23(16-19)34-11-4-8-25(17-34)7-2-3-12-35-25/h5-6,9-10,13-16H,2-4,7-8,11-12,17H2,1H3,(H,31,32,33). The molecule has 2 saturated heterocycles. The number of aromatic nitrogens is 3. The van der Waals surface area contributed by atoms with Gasteiger partial charge in [-0.05, 0) is 86.1 Å². The molecule has 5 rings (SSSR count). The minimum absolute atomic E-state index is 0.0699. The number of benzene rings is 1. The van der Waals surface area contributed by atoms with Crippen LogP contribution in [0.15, 0.2) is 48.8 Å². The van der Waals surface area contributed by atoms with Crippen molar-refractivity contribution < 1.29 is 17.9 Å². The topological polar surface area (TPSA) is 63.2 Å². The van der Waals surface area contributed by atoms with E-state index in [1.54, 1.807) is 6.20 Å². The minimum atomic E-state index is -4.53. The summed E-state index contributed by atoms with van der Waals surface area (Å²) in [6, 6.07) is 10.6. The summed E-state index contributed by atoms with van der Waals surface area (Å²) >= 11 is 0. The number of hydrogen-bond acceptors (Lipinski definition) is 6. The summed E-state index contributed by atoms with van der Waals surface area (Å²) in [4.78, 5) is 14.5. The second-order valence-corrected chi connectivity index (χ2v) is 9.39. The van der Waals surface area contributed by atoms with Crippen molar-refractivity contribution in [2.75, 3.05) is 29.9 Å². The number of pyridine rings is 1. The first-order valence-corrected chi connectivity index (χ1v) is 11.9. The zero-order valence-corrected chi connectivity index (χ0v) is 19.6. The van der Waals surface area contributed by atoms with E-state index in [4.69, 9.17) is 4.74 Å². The summed E-state index contributed by atoms with van der Waals surface area (Å²) in [6.45, 7) is 4.56. The van der Waals surface area contributed by atoms with E-state index in [1.807, 2.05) is 31.2 Å². The van der Waals surface area contributed by atoms with Gasteiger partial charge in [0.05, 0.1) is 5.60 Å². The fraction of sp³-hybridized carbons (Fsp3) is 0.423. The number of rotatable bonds is 4. The van der Waals surface area contributed by atoms with E-state index >= 15 is 0 Å². The number of piperidine rings is 1. The maximum atomic E-state index is 13.0. The van der Waals surface area contributed by atoms with E-state index in [1.165, 1.54) is 6.42 Å². The SMILES string of the molecule is Cc1cc(Nc2nccc(C(F)(F)F)n2)cc(-c2ccnc(N3CCCC4(CCCCO4)C3)c2)c1. The Hall–Kier alpha value is -3.20. The first-order valence-electron chi connectivity index (χ1n) is 11.9. The van der Waals surface area contributed by atoms with Gasteiger partial charge in [-0.2, -0.15) is 13.2 Å². The molecule has 1 atom stereocenters. The van der Waals surface area contributed by atoms with Crippen molar-refractivity contribution in [2.24, 2.45) is 0 Å². The van der Waals surface area contributed by atoms with Crippen molar-refractivity contribution in [2.45, 2.75) is 50.8 Å². The molecule has 9 heteroatoms. The smallest absolute Gasteiger partial charge is 0.373 e. The van der Waals surface area contributed by atoms with Gasteiger partial charge in [-0.1, -0.05) is 6.07 Å². The van der Waals surface area contributed by atoms with E-state index < -0.39 is 11.9 Å². The fourth-order valence-electron chi connectivity index (χ4n) is 5.02. The molecule has 1 spiro atoms. The Morgan fingerprint density at radius 2 is 1.80 bits per heavy atom. The third kappa shape index (κ3) is 5.40. The number of nitrogens with zero attached hydrogens (tertiary/aromatic N) is 4. The number of hydrogen-bond donors (Lipinski definition) is 1. The molecular weight excluding hydrogens is 455 g/mol. The summed E-state index contributed by atoms with van der Waals surface area (Å²) in [5.74, 6) is 0.811. The molecule has 35 heavy (non-hydrogen) atoms. The molecular formula is C26H28F3N5O. The third-order valence-electron chi connectivity index (χ3n) is 6.66. The molecule has 0 aliphatic carbocycles. The summed E-state index contributed by atoms with van der Waals surface area (Å²) in [5, 5.41) is 2.92. The van der Waals surface area contributed by atoms with Crippen molar-refractivity contribution in [3.05, 3.63) is 60.0 Å². The summed E-state index contributed by atoms with van der Waals surface area (Å²) < 4.78 is 45.3. The van der Waals surface area contributed by atoms with Gasteiger partial charge in [0.1, 0.15) is 11.5 Å². The predicted molar refractivity (Wildman–Crippen MR) is 129 cm³/mol. The lowest BCUT2D eigenvalue weighted by molar-refractivity contribution is -0.141. The highest BCUT2D eigenvalue weighted by Crippen LogP contribution is 2.36. The average molecular weight is 484 g/mol. The van der Waals surface area contributed by atoms with Gasteiger partial charge in [0, 0.05) is 37.8 Å². The lowest BCUT2D eigenvalue weighted by atomic mass is 9.86. The maximum absolute atomic E-state index is 13.0. The zero-order valence-electron chi connectivity index (χ0n) is 19.6. The molecule has 1 aromatic carbocycles. The van der Waals surface area contributed by atoms with E-state index in [0.29, 0.717) is 5.69 Å². The molecule has 184 valence electrons. The molecule has 4 heterocycles. The number of ether oxygens (including phenoxy) is 1. The van der Waals surface area contributed by atoms with Crippen LogP contribution in [0.5, 0.6) is 0 Å². The second kappa shape index (κ2) is 9.45. The summed E-state index contributed by atoms with van der Waals surface area (Å²) in [5.41, 5.74) is 2.44. The quantitative estimate of drug-likeness (QED) is 0.480. The monoisotopic (exact) mass is 483 g/mol. The van der Waals surface area contributed by atoms with Crippen LogP contribution in [0.2, 0.25) is 0 Å². The van der Waals surface area contributed by atoms with Crippen LogP contribution in [0, 0.1) is 6.92 Å². The lowest BCUT2D eigenvalue weighted by Gasteiger charge is -2.45. The third-order valence-corrected chi connectivity index (χ3v) is 6.66. The Bertz CT molecular complexity index is 1190. The molecule has 0 radical (unpaired) electrons. The van der Waals surface area contributed by atoms with E-state index in [9.17, 15) is 13.2 Å². The van der Waals surface area contributed by atoms with Gasteiger partial charge in [0.25, 0.3) is 0 Å².